The minimum Gasteiger partial charge on any atom is -0.352 e. The molecule has 114 valence electrons. The molecule has 1 aliphatic rings. The van der Waals surface area contributed by atoms with E-state index in [0.29, 0.717) is 25.7 Å². The van der Waals surface area contributed by atoms with E-state index in [0.717, 1.165) is 12.8 Å². The second-order valence-electron chi connectivity index (χ2n) is 5.59. The fourth-order valence-electron chi connectivity index (χ4n) is 2.73. The third-order valence-electron chi connectivity index (χ3n) is 3.89. The molecule has 0 saturated carbocycles. The molecule has 6 heteroatoms. The van der Waals surface area contributed by atoms with Crippen LogP contribution >= 0.6 is 0 Å². The van der Waals surface area contributed by atoms with Crippen LogP contribution in [0.15, 0.2) is 0 Å². The van der Waals surface area contributed by atoms with Crippen LogP contribution < -0.4 is 5.32 Å². The van der Waals surface area contributed by atoms with Gasteiger partial charge in [0.05, 0.1) is 17.6 Å². The smallest absolute Gasteiger partial charge is 0.240 e. The number of nitriles is 1. The number of hydrogen-bond donors (Lipinski definition) is 1. The van der Waals surface area contributed by atoms with Gasteiger partial charge in [0.25, 0.3) is 0 Å². The summed E-state index contributed by atoms with van der Waals surface area (Å²) in [5.41, 5.74) is -0.959. The van der Waals surface area contributed by atoms with E-state index in [1.165, 1.54) is 0 Å². The van der Waals surface area contributed by atoms with Crippen molar-refractivity contribution in [2.24, 2.45) is 5.41 Å². The van der Waals surface area contributed by atoms with Crippen molar-refractivity contribution in [1.29, 1.82) is 5.26 Å². The van der Waals surface area contributed by atoms with Crippen molar-refractivity contribution in [3.8, 4) is 6.07 Å². The van der Waals surface area contributed by atoms with Gasteiger partial charge in [-0.2, -0.15) is 5.26 Å². The summed E-state index contributed by atoms with van der Waals surface area (Å²) in [4.78, 5) is 12.4. The molecule has 20 heavy (non-hydrogen) atoms. The van der Waals surface area contributed by atoms with Crippen LogP contribution in [0.2, 0.25) is 0 Å². The van der Waals surface area contributed by atoms with Crippen molar-refractivity contribution in [3.05, 3.63) is 0 Å². The Kier molecular flexibility index (Phi) is 6.00. The number of nitrogens with zero attached hydrogens (tertiary/aromatic N) is 1. The molecule has 0 aromatic carbocycles. The zero-order chi connectivity index (χ0) is 15.2. The standard InChI is InChI=1S/C14H24N2O3S/c1-3-7-14(11-15,8-4-2)13(17)16-12-5-9-20(18,19)10-6-12/h12H,3-10H2,1-2H3,(H,16,17). The normalized spacial score (nSPS) is 19.2. The Morgan fingerprint density at radius 1 is 1.25 bits per heavy atom. The summed E-state index contributed by atoms with van der Waals surface area (Å²) in [5.74, 6) is 0.0194. The number of carbonyl (C=O) groups is 1. The van der Waals surface area contributed by atoms with Gasteiger partial charge in [-0.25, -0.2) is 8.42 Å². The Morgan fingerprint density at radius 2 is 1.75 bits per heavy atom. The molecule has 0 unspecified atom stereocenters. The fourth-order valence-corrected chi connectivity index (χ4v) is 4.22. The molecule has 1 N–H and O–H groups in total. The zero-order valence-corrected chi connectivity index (χ0v) is 13.1. The highest BCUT2D eigenvalue weighted by molar-refractivity contribution is 7.91. The maximum Gasteiger partial charge on any atom is 0.240 e. The lowest BCUT2D eigenvalue weighted by atomic mass is 9.79. The number of hydrogen-bond acceptors (Lipinski definition) is 4. The van der Waals surface area contributed by atoms with Crippen LogP contribution in [0.3, 0.4) is 0 Å². The molecular weight excluding hydrogens is 276 g/mol. The van der Waals surface area contributed by atoms with E-state index in [1.807, 2.05) is 13.8 Å². The summed E-state index contributed by atoms with van der Waals surface area (Å²) in [6.45, 7) is 3.92. The van der Waals surface area contributed by atoms with Crippen LogP contribution in [0.25, 0.3) is 0 Å². The third-order valence-corrected chi connectivity index (χ3v) is 5.61. The van der Waals surface area contributed by atoms with Crippen molar-refractivity contribution in [2.75, 3.05) is 11.5 Å². The summed E-state index contributed by atoms with van der Waals surface area (Å²) in [7, 11) is -2.93. The van der Waals surface area contributed by atoms with E-state index in [2.05, 4.69) is 11.4 Å². The van der Waals surface area contributed by atoms with E-state index in [1.54, 1.807) is 0 Å². The monoisotopic (exact) mass is 300 g/mol. The van der Waals surface area contributed by atoms with E-state index < -0.39 is 15.3 Å². The number of rotatable bonds is 6. The minimum atomic E-state index is -2.93. The molecule has 1 amide bonds. The van der Waals surface area contributed by atoms with Gasteiger partial charge in [0.1, 0.15) is 15.3 Å². The van der Waals surface area contributed by atoms with Crippen LogP contribution in [0.1, 0.15) is 52.4 Å². The zero-order valence-electron chi connectivity index (χ0n) is 12.3. The van der Waals surface area contributed by atoms with Gasteiger partial charge in [0.2, 0.25) is 5.91 Å². The Morgan fingerprint density at radius 3 is 2.15 bits per heavy atom. The first-order valence-corrected chi connectivity index (χ1v) is 9.14. The SMILES string of the molecule is CCCC(C#N)(CCC)C(=O)NC1CCS(=O)(=O)CC1. The average molecular weight is 300 g/mol. The molecule has 1 rings (SSSR count). The maximum atomic E-state index is 12.4. The fraction of sp³-hybridized carbons (Fsp3) is 0.857. The van der Waals surface area contributed by atoms with Crippen LogP contribution in [-0.2, 0) is 14.6 Å². The molecule has 0 spiro atoms. The predicted octanol–water partition coefficient (Wildman–Crippen LogP) is 1.79. The van der Waals surface area contributed by atoms with E-state index >= 15 is 0 Å². The first-order valence-electron chi connectivity index (χ1n) is 7.31. The molecular formula is C14H24N2O3S. The maximum absolute atomic E-state index is 12.4. The summed E-state index contributed by atoms with van der Waals surface area (Å²) >= 11 is 0. The van der Waals surface area contributed by atoms with Gasteiger partial charge in [0.15, 0.2) is 0 Å². The van der Waals surface area contributed by atoms with Gasteiger partial charge in [0, 0.05) is 6.04 Å². The van der Waals surface area contributed by atoms with Crippen molar-refractivity contribution in [3.63, 3.8) is 0 Å². The second kappa shape index (κ2) is 7.07. The molecule has 5 nitrogen and oxygen atoms in total. The Labute approximate surface area is 121 Å². The Hall–Kier alpha value is -1.09. The van der Waals surface area contributed by atoms with Crippen molar-refractivity contribution in [2.45, 2.75) is 58.4 Å². The number of amides is 1. The van der Waals surface area contributed by atoms with Crippen molar-refractivity contribution >= 4 is 15.7 Å². The topological polar surface area (TPSA) is 87.0 Å². The largest absolute Gasteiger partial charge is 0.352 e. The lowest BCUT2D eigenvalue weighted by Gasteiger charge is -2.29. The highest BCUT2D eigenvalue weighted by atomic mass is 32.2. The molecule has 0 bridgehead atoms. The molecule has 1 aliphatic heterocycles. The molecule has 0 aliphatic carbocycles. The van der Waals surface area contributed by atoms with Gasteiger partial charge < -0.3 is 5.32 Å². The lowest BCUT2D eigenvalue weighted by molar-refractivity contribution is -0.129. The first kappa shape index (κ1) is 17.0. The average Bonchev–Trinajstić information content (AvgIpc) is 2.40. The lowest BCUT2D eigenvalue weighted by Crippen LogP contribution is -2.47. The van der Waals surface area contributed by atoms with E-state index in [-0.39, 0.29) is 23.5 Å². The van der Waals surface area contributed by atoms with Gasteiger partial charge in [-0.05, 0) is 25.7 Å². The molecule has 1 saturated heterocycles. The third kappa shape index (κ3) is 4.20. The van der Waals surface area contributed by atoms with Gasteiger partial charge in [-0.3, -0.25) is 4.79 Å². The van der Waals surface area contributed by atoms with Crippen LogP contribution in [0.4, 0.5) is 0 Å². The first-order chi connectivity index (χ1) is 9.39. The highest BCUT2D eigenvalue weighted by Crippen LogP contribution is 2.30. The number of sulfone groups is 1. The van der Waals surface area contributed by atoms with Gasteiger partial charge in [-0.15, -0.1) is 0 Å². The minimum absolute atomic E-state index is 0.118. The Balaban J connectivity index is 2.70. The summed E-state index contributed by atoms with van der Waals surface area (Å²) < 4.78 is 22.7. The van der Waals surface area contributed by atoms with Crippen LogP contribution in [0.5, 0.6) is 0 Å². The summed E-state index contributed by atoms with van der Waals surface area (Å²) in [6, 6.07) is 2.07. The second-order valence-corrected chi connectivity index (χ2v) is 7.90. The van der Waals surface area contributed by atoms with Gasteiger partial charge >= 0.3 is 0 Å². The van der Waals surface area contributed by atoms with Crippen LogP contribution in [-0.4, -0.2) is 31.9 Å². The van der Waals surface area contributed by atoms with Crippen molar-refractivity contribution < 1.29 is 13.2 Å². The quantitative estimate of drug-likeness (QED) is 0.810. The highest BCUT2D eigenvalue weighted by Gasteiger charge is 2.38. The molecule has 0 aromatic rings. The summed E-state index contributed by atoms with van der Waals surface area (Å²) in [6.07, 6.45) is 3.56. The number of nitrogens with one attached hydrogen (secondary N) is 1. The molecule has 1 fully saturated rings. The van der Waals surface area contributed by atoms with Gasteiger partial charge in [-0.1, -0.05) is 26.7 Å². The molecule has 0 atom stereocenters. The Bertz CT molecular complexity index is 459. The van der Waals surface area contributed by atoms with Crippen molar-refractivity contribution in [1.82, 2.24) is 5.32 Å². The molecule has 0 aromatic heterocycles. The molecule has 1 heterocycles. The predicted molar refractivity (Wildman–Crippen MR) is 77.7 cm³/mol. The number of carbonyl (C=O) groups excluding carboxylic acids is 1. The summed E-state index contributed by atoms with van der Waals surface area (Å²) in [5, 5.41) is 12.3. The van der Waals surface area contributed by atoms with Crippen LogP contribution in [0, 0.1) is 16.7 Å². The van der Waals surface area contributed by atoms with E-state index in [9.17, 15) is 18.5 Å². The molecule has 0 radical (unpaired) electrons. The van der Waals surface area contributed by atoms with E-state index in [4.69, 9.17) is 0 Å².